The Balaban J connectivity index is 1.44. The Labute approximate surface area is 198 Å². The molecule has 6 heteroatoms. The summed E-state index contributed by atoms with van der Waals surface area (Å²) in [6, 6.07) is 17.2. The number of hydrogen-bond acceptors (Lipinski definition) is 5. The van der Waals surface area contributed by atoms with Crippen molar-refractivity contribution in [1.29, 1.82) is 0 Å². The first-order chi connectivity index (χ1) is 16.1. The number of nitrogens with zero attached hydrogens (tertiary/aromatic N) is 1. The van der Waals surface area contributed by atoms with Crippen LogP contribution in [0, 0.1) is 23.7 Å². The molecule has 0 spiro atoms. The second kappa shape index (κ2) is 8.65. The first-order valence-electron chi connectivity index (χ1n) is 10.8. The third kappa shape index (κ3) is 3.61. The van der Waals surface area contributed by atoms with E-state index in [0.717, 1.165) is 10.5 Å². The van der Waals surface area contributed by atoms with Crippen LogP contribution in [-0.4, -0.2) is 43.3 Å². The molecule has 5 rings (SSSR count). The van der Waals surface area contributed by atoms with E-state index < -0.39 is 23.3 Å². The molecule has 33 heavy (non-hydrogen) atoms. The zero-order valence-electron chi connectivity index (χ0n) is 18.4. The number of carbonyl (C=O) groups is 1. The largest absolute Gasteiger partial charge is 0.448 e. The molecule has 1 amide bonds. The average molecular weight is 458 g/mol. The predicted octanol–water partition coefficient (Wildman–Crippen LogP) is 4.38. The molecule has 2 aromatic carbocycles. The zero-order valence-corrected chi connectivity index (χ0v) is 19.2. The fourth-order valence-corrected chi connectivity index (χ4v) is 5.26. The average Bonchev–Trinajstić information content (AvgIpc) is 3.62. The number of amides is 1. The van der Waals surface area contributed by atoms with Crippen molar-refractivity contribution in [3.05, 3.63) is 72.3 Å². The molecule has 0 saturated carbocycles. The number of benzene rings is 2. The Bertz CT molecular complexity index is 1220. The van der Waals surface area contributed by atoms with Crippen molar-refractivity contribution < 1.29 is 19.0 Å². The fraction of sp³-hybridized carbons (Fsp3) is 0.296. The lowest BCUT2D eigenvalue weighted by molar-refractivity contribution is -0.0156. The van der Waals surface area contributed by atoms with Crippen molar-refractivity contribution in [1.82, 2.24) is 0 Å². The van der Waals surface area contributed by atoms with Crippen LogP contribution in [0.25, 0.3) is 0 Å². The Morgan fingerprint density at radius 2 is 1.88 bits per heavy atom. The van der Waals surface area contributed by atoms with Gasteiger partial charge < -0.3 is 14.2 Å². The van der Waals surface area contributed by atoms with E-state index in [0.29, 0.717) is 11.4 Å². The molecule has 2 aliphatic heterocycles. The van der Waals surface area contributed by atoms with Gasteiger partial charge in [-0.2, -0.15) is 0 Å². The van der Waals surface area contributed by atoms with Crippen LogP contribution in [0.2, 0.25) is 0 Å². The normalized spacial score (nSPS) is 29.2. The van der Waals surface area contributed by atoms with E-state index in [1.54, 1.807) is 35.9 Å². The minimum absolute atomic E-state index is 0.287. The maximum absolute atomic E-state index is 13.3. The van der Waals surface area contributed by atoms with Gasteiger partial charge in [0.2, 0.25) is 0 Å². The second-order valence-corrected chi connectivity index (χ2v) is 9.18. The molecule has 0 unspecified atom stereocenters. The standard InChI is InChI=1S/C27H23NO4S/c1-26(30-2)17-11-4-3-8-16-23-24-27(26,32-24)21-14-9-10-15-22(21)28(23)25(29)31-18-19-33-20-12-6-5-7-13-20/h3-7,9-10,12-15,23-24H,18-19H2,1-2H3/b4-3-/t23-,24-,26+,27+/m0/s1. The maximum atomic E-state index is 13.3. The summed E-state index contributed by atoms with van der Waals surface area (Å²) in [4.78, 5) is 16.1. The van der Waals surface area contributed by atoms with Crippen LogP contribution < -0.4 is 4.90 Å². The summed E-state index contributed by atoms with van der Waals surface area (Å²) >= 11 is 1.65. The molecular formula is C27H23NO4S. The molecule has 166 valence electrons. The van der Waals surface area contributed by atoms with Crippen LogP contribution in [0.5, 0.6) is 0 Å². The minimum Gasteiger partial charge on any atom is -0.448 e. The van der Waals surface area contributed by atoms with Gasteiger partial charge in [-0.05, 0) is 37.3 Å². The lowest BCUT2D eigenvalue weighted by Gasteiger charge is -2.39. The molecule has 2 aromatic rings. The van der Waals surface area contributed by atoms with Crippen LogP contribution in [0.3, 0.4) is 0 Å². The molecule has 0 N–H and O–H groups in total. The van der Waals surface area contributed by atoms with Crippen molar-refractivity contribution in [2.75, 3.05) is 24.4 Å². The van der Waals surface area contributed by atoms with Crippen LogP contribution in [-0.2, 0) is 19.8 Å². The van der Waals surface area contributed by atoms with Gasteiger partial charge in [-0.25, -0.2) is 4.79 Å². The summed E-state index contributed by atoms with van der Waals surface area (Å²) in [6.07, 6.45) is 2.55. The monoisotopic (exact) mass is 457 g/mol. The fourth-order valence-electron chi connectivity index (χ4n) is 4.51. The number of hydrogen-bond donors (Lipinski definition) is 0. The predicted molar refractivity (Wildman–Crippen MR) is 128 cm³/mol. The van der Waals surface area contributed by atoms with Gasteiger partial charge in [0.15, 0.2) is 11.2 Å². The number of fused-ring (bicyclic) bond motifs is 1. The van der Waals surface area contributed by atoms with Gasteiger partial charge >= 0.3 is 6.09 Å². The quantitative estimate of drug-likeness (QED) is 0.289. The van der Waals surface area contributed by atoms with E-state index in [4.69, 9.17) is 14.2 Å². The summed E-state index contributed by atoms with van der Waals surface area (Å²) in [5.41, 5.74) is -0.152. The molecule has 0 radical (unpaired) electrons. The Morgan fingerprint density at radius 1 is 1.12 bits per heavy atom. The van der Waals surface area contributed by atoms with Gasteiger partial charge in [0.05, 0.1) is 5.69 Å². The van der Waals surface area contributed by atoms with Crippen molar-refractivity contribution in [2.24, 2.45) is 0 Å². The number of thioether (sulfide) groups is 1. The van der Waals surface area contributed by atoms with E-state index in [9.17, 15) is 4.79 Å². The highest BCUT2D eigenvalue weighted by atomic mass is 32.2. The number of anilines is 1. The van der Waals surface area contributed by atoms with Crippen molar-refractivity contribution in [2.45, 2.75) is 35.2 Å². The van der Waals surface area contributed by atoms with Crippen molar-refractivity contribution >= 4 is 23.5 Å². The highest BCUT2D eigenvalue weighted by Crippen LogP contribution is 2.62. The van der Waals surface area contributed by atoms with Gasteiger partial charge in [-0.3, -0.25) is 4.90 Å². The molecule has 1 aliphatic carbocycles. The zero-order chi connectivity index (χ0) is 22.9. The summed E-state index contributed by atoms with van der Waals surface area (Å²) < 4.78 is 17.9. The number of epoxide rings is 1. The van der Waals surface area contributed by atoms with Crippen molar-refractivity contribution in [3.63, 3.8) is 0 Å². The second-order valence-electron chi connectivity index (χ2n) is 8.01. The number of para-hydroxylation sites is 1. The van der Waals surface area contributed by atoms with Crippen LogP contribution in [0.4, 0.5) is 10.5 Å². The SMILES string of the molecule is CO[C@]1(C)C#C/C=C\C#C[C@H]2[C@@H]3O[C@]31c1ccccc1N2C(=O)OCCSc1ccccc1. The molecule has 2 bridgehead atoms. The third-order valence-electron chi connectivity index (χ3n) is 6.21. The summed E-state index contributed by atoms with van der Waals surface area (Å²) in [6.45, 7) is 2.21. The van der Waals surface area contributed by atoms with E-state index in [2.05, 4.69) is 23.7 Å². The molecule has 1 fully saturated rings. The molecule has 2 heterocycles. The molecule has 0 aromatic heterocycles. The number of carbonyl (C=O) groups excluding carboxylic acids is 1. The first kappa shape index (κ1) is 21.7. The number of methoxy groups -OCH3 is 1. The summed E-state index contributed by atoms with van der Waals surface area (Å²) in [5.74, 6) is 13.1. The lowest BCUT2D eigenvalue weighted by Crippen LogP contribution is -2.54. The van der Waals surface area contributed by atoms with Gasteiger partial charge in [0.1, 0.15) is 18.8 Å². The minimum atomic E-state index is -0.905. The third-order valence-corrected chi connectivity index (χ3v) is 7.19. The molecule has 3 aliphatic rings. The van der Waals surface area contributed by atoms with E-state index in [1.165, 1.54) is 0 Å². The van der Waals surface area contributed by atoms with E-state index in [1.807, 2.05) is 61.5 Å². The van der Waals surface area contributed by atoms with Gasteiger partial charge in [0.25, 0.3) is 0 Å². The van der Waals surface area contributed by atoms with E-state index >= 15 is 0 Å². The number of ether oxygens (including phenoxy) is 3. The summed E-state index contributed by atoms with van der Waals surface area (Å²) in [7, 11) is 1.63. The lowest BCUT2D eigenvalue weighted by atomic mass is 9.75. The molecular weight excluding hydrogens is 434 g/mol. The molecule has 5 nitrogen and oxygen atoms in total. The van der Waals surface area contributed by atoms with Crippen LogP contribution >= 0.6 is 11.8 Å². The highest BCUT2D eigenvalue weighted by molar-refractivity contribution is 7.99. The Kier molecular flexibility index (Phi) is 5.68. The first-order valence-corrected chi connectivity index (χ1v) is 11.7. The van der Waals surface area contributed by atoms with Crippen molar-refractivity contribution in [3.8, 4) is 23.7 Å². The Morgan fingerprint density at radius 3 is 2.70 bits per heavy atom. The van der Waals surface area contributed by atoms with Gasteiger partial charge in [0, 0.05) is 23.3 Å². The Hall–Kier alpha value is -3.16. The maximum Gasteiger partial charge on any atom is 0.415 e. The van der Waals surface area contributed by atoms with Gasteiger partial charge in [-0.1, -0.05) is 60.1 Å². The van der Waals surface area contributed by atoms with E-state index in [-0.39, 0.29) is 12.7 Å². The van der Waals surface area contributed by atoms with Gasteiger partial charge in [-0.15, -0.1) is 11.8 Å². The van der Waals surface area contributed by atoms with Crippen LogP contribution in [0.1, 0.15) is 12.5 Å². The topological polar surface area (TPSA) is 51.3 Å². The number of allylic oxidation sites excluding steroid dienone is 2. The molecule has 1 saturated heterocycles. The van der Waals surface area contributed by atoms with Crippen LogP contribution in [0.15, 0.2) is 71.6 Å². The summed E-state index contributed by atoms with van der Waals surface area (Å²) in [5, 5.41) is 0. The smallest absolute Gasteiger partial charge is 0.415 e. The highest BCUT2D eigenvalue weighted by Gasteiger charge is 2.75. The number of rotatable bonds is 5. The molecule has 4 atom stereocenters.